The third-order valence-electron chi connectivity index (χ3n) is 3.04. The summed E-state index contributed by atoms with van der Waals surface area (Å²) in [6.07, 6.45) is 0. The highest BCUT2D eigenvalue weighted by Crippen LogP contribution is 2.40. The van der Waals surface area contributed by atoms with Crippen LogP contribution in [0.3, 0.4) is 0 Å². The fourth-order valence-corrected chi connectivity index (χ4v) is 3.03. The first kappa shape index (κ1) is 11.8. The first-order valence-corrected chi connectivity index (χ1v) is 6.50. The molecule has 0 amide bonds. The second-order valence-corrected chi connectivity index (χ2v) is 5.27. The molecule has 3 N–H and O–H groups in total. The summed E-state index contributed by atoms with van der Waals surface area (Å²) in [5, 5.41) is 10.1. The summed E-state index contributed by atoms with van der Waals surface area (Å²) in [6.45, 7) is 1.81. The molecule has 3 aromatic rings. The van der Waals surface area contributed by atoms with Gasteiger partial charge in [-0.25, -0.2) is 4.79 Å². The molecule has 0 fully saturated rings. The Morgan fingerprint density at radius 1 is 1.37 bits per heavy atom. The van der Waals surface area contributed by atoms with Gasteiger partial charge in [0.15, 0.2) is 0 Å². The minimum Gasteiger partial charge on any atom is -0.477 e. The highest BCUT2D eigenvalue weighted by Gasteiger charge is 2.20. The van der Waals surface area contributed by atoms with Crippen LogP contribution in [0.1, 0.15) is 15.2 Å². The molecule has 0 saturated heterocycles. The number of hydrogen-bond acceptors (Lipinski definition) is 4. The fraction of sp³-hybridized carbons (Fsp3) is 0.0714. The lowest BCUT2D eigenvalue weighted by molar-refractivity contribution is 0.0703. The Morgan fingerprint density at radius 2 is 2.11 bits per heavy atom. The Morgan fingerprint density at radius 3 is 2.74 bits per heavy atom. The Hall–Kier alpha value is -2.27. The number of furan rings is 1. The van der Waals surface area contributed by atoms with Gasteiger partial charge in [-0.05, 0) is 24.6 Å². The number of anilines is 1. The van der Waals surface area contributed by atoms with Gasteiger partial charge < -0.3 is 15.3 Å². The van der Waals surface area contributed by atoms with Crippen LogP contribution in [-0.2, 0) is 0 Å². The molecule has 2 aromatic heterocycles. The van der Waals surface area contributed by atoms with Crippen LogP contribution >= 0.6 is 11.3 Å². The number of benzene rings is 1. The van der Waals surface area contributed by atoms with Gasteiger partial charge in [0.25, 0.3) is 0 Å². The van der Waals surface area contributed by atoms with E-state index >= 15 is 0 Å². The van der Waals surface area contributed by atoms with Crippen LogP contribution in [0.25, 0.3) is 21.6 Å². The number of carbonyl (C=O) groups is 1. The maximum atomic E-state index is 11.1. The number of para-hydroxylation sites is 1. The van der Waals surface area contributed by atoms with Gasteiger partial charge in [0, 0.05) is 5.39 Å². The zero-order valence-electron chi connectivity index (χ0n) is 10.1. The minimum atomic E-state index is -1.01. The summed E-state index contributed by atoms with van der Waals surface area (Å²) in [7, 11) is 0. The second-order valence-electron chi connectivity index (χ2n) is 4.25. The molecule has 0 atom stereocenters. The van der Waals surface area contributed by atoms with E-state index in [1.54, 1.807) is 6.92 Å². The molecule has 0 unspecified atom stereocenters. The number of hydrogen-bond donors (Lipinski definition) is 2. The number of carboxylic acid groups (broad SMARTS) is 1. The normalized spacial score (nSPS) is 11.0. The van der Waals surface area contributed by atoms with E-state index in [1.807, 2.05) is 30.3 Å². The maximum absolute atomic E-state index is 11.1. The lowest BCUT2D eigenvalue weighted by atomic mass is 10.2. The lowest BCUT2D eigenvalue weighted by Gasteiger charge is -1.94. The van der Waals surface area contributed by atoms with Gasteiger partial charge in [0.05, 0.1) is 10.6 Å². The summed E-state index contributed by atoms with van der Waals surface area (Å²) < 4.78 is 5.74. The van der Waals surface area contributed by atoms with Crippen LogP contribution in [0.15, 0.2) is 34.7 Å². The van der Waals surface area contributed by atoms with Crippen LogP contribution < -0.4 is 5.73 Å². The number of thiophene rings is 1. The smallest absolute Gasteiger partial charge is 0.348 e. The monoisotopic (exact) mass is 273 g/mol. The summed E-state index contributed by atoms with van der Waals surface area (Å²) in [4.78, 5) is 12.0. The van der Waals surface area contributed by atoms with Crippen molar-refractivity contribution in [2.75, 3.05) is 5.73 Å². The number of carboxylic acids is 1. The molecular weight excluding hydrogens is 262 g/mol. The molecule has 4 nitrogen and oxygen atoms in total. The van der Waals surface area contributed by atoms with E-state index in [1.165, 1.54) is 0 Å². The number of rotatable bonds is 2. The van der Waals surface area contributed by atoms with E-state index in [2.05, 4.69) is 0 Å². The van der Waals surface area contributed by atoms with Gasteiger partial charge in [0.2, 0.25) is 0 Å². The standard InChI is InChI=1S/C14H11NO3S/c1-7-11(15)13(14(16)17)19-12(7)10-6-8-4-2-3-5-9(8)18-10/h2-6H,15H2,1H3,(H,16,17). The molecule has 1 aromatic carbocycles. The molecule has 3 rings (SSSR count). The second kappa shape index (κ2) is 4.13. The Labute approximate surface area is 113 Å². The summed E-state index contributed by atoms with van der Waals surface area (Å²) in [5.41, 5.74) is 7.67. The fourth-order valence-electron chi connectivity index (χ4n) is 2.01. The van der Waals surface area contributed by atoms with Crippen molar-refractivity contribution in [1.82, 2.24) is 0 Å². The molecule has 96 valence electrons. The lowest BCUT2D eigenvalue weighted by Crippen LogP contribution is -1.97. The number of nitrogen functional groups attached to an aromatic ring is 1. The molecule has 2 heterocycles. The molecule has 0 bridgehead atoms. The number of fused-ring (bicyclic) bond motifs is 1. The molecular formula is C14H11NO3S. The molecule has 5 heteroatoms. The first-order valence-electron chi connectivity index (χ1n) is 5.69. The molecule has 0 aliphatic heterocycles. The maximum Gasteiger partial charge on any atom is 0.348 e. The van der Waals surface area contributed by atoms with Crippen molar-refractivity contribution in [2.24, 2.45) is 0 Å². The van der Waals surface area contributed by atoms with Crippen molar-refractivity contribution in [2.45, 2.75) is 6.92 Å². The van der Waals surface area contributed by atoms with Crippen molar-refractivity contribution < 1.29 is 14.3 Å². The van der Waals surface area contributed by atoms with E-state index in [9.17, 15) is 4.79 Å². The van der Waals surface area contributed by atoms with Crippen LogP contribution in [0.5, 0.6) is 0 Å². The summed E-state index contributed by atoms with van der Waals surface area (Å²) in [6, 6.07) is 9.56. The predicted molar refractivity (Wildman–Crippen MR) is 75.6 cm³/mol. The largest absolute Gasteiger partial charge is 0.477 e. The third kappa shape index (κ3) is 1.79. The predicted octanol–water partition coefficient (Wildman–Crippen LogP) is 3.75. The summed E-state index contributed by atoms with van der Waals surface area (Å²) in [5.74, 6) is -0.351. The van der Waals surface area contributed by atoms with Crippen molar-refractivity contribution in [3.05, 3.63) is 40.8 Å². The van der Waals surface area contributed by atoms with Crippen molar-refractivity contribution in [1.29, 1.82) is 0 Å². The van der Waals surface area contributed by atoms with Crippen LogP contribution in [-0.4, -0.2) is 11.1 Å². The highest BCUT2D eigenvalue weighted by atomic mass is 32.1. The van der Waals surface area contributed by atoms with E-state index in [-0.39, 0.29) is 4.88 Å². The zero-order chi connectivity index (χ0) is 13.6. The number of aromatic carboxylic acids is 1. The molecule has 0 aliphatic rings. The van der Waals surface area contributed by atoms with Crippen molar-refractivity contribution in [3.8, 4) is 10.6 Å². The average Bonchev–Trinajstić information content (AvgIpc) is 2.92. The zero-order valence-corrected chi connectivity index (χ0v) is 11.0. The quantitative estimate of drug-likeness (QED) is 0.745. The highest BCUT2D eigenvalue weighted by molar-refractivity contribution is 7.18. The van der Waals surface area contributed by atoms with Gasteiger partial charge in [-0.15, -0.1) is 11.3 Å². The summed E-state index contributed by atoms with van der Waals surface area (Å²) >= 11 is 1.14. The van der Waals surface area contributed by atoms with Gasteiger partial charge in [-0.3, -0.25) is 0 Å². The van der Waals surface area contributed by atoms with E-state index in [0.29, 0.717) is 11.4 Å². The van der Waals surface area contributed by atoms with Crippen molar-refractivity contribution in [3.63, 3.8) is 0 Å². The van der Waals surface area contributed by atoms with Gasteiger partial charge in [-0.2, -0.15) is 0 Å². The van der Waals surface area contributed by atoms with Gasteiger partial charge in [0.1, 0.15) is 16.2 Å². The molecule has 0 radical (unpaired) electrons. The number of nitrogens with two attached hydrogens (primary N) is 1. The van der Waals surface area contributed by atoms with Crippen molar-refractivity contribution >= 4 is 34.0 Å². The van der Waals surface area contributed by atoms with Crippen LogP contribution in [0.4, 0.5) is 5.69 Å². The molecule has 0 aliphatic carbocycles. The third-order valence-corrected chi connectivity index (χ3v) is 4.35. The average molecular weight is 273 g/mol. The SMILES string of the molecule is Cc1c(-c2cc3ccccc3o2)sc(C(=O)O)c1N. The Kier molecular flexibility index (Phi) is 2.57. The van der Waals surface area contributed by atoms with Gasteiger partial charge in [-0.1, -0.05) is 18.2 Å². The van der Waals surface area contributed by atoms with E-state index in [0.717, 1.165) is 32.7 Å². The van der Waals surface area contributed by atoms with Gasteiger partial charge >= 0.3 is 5.97 Å². The van der Waals surface area contributed by atoms with E-state index in [4.69, 9.17) is 15.3 Å². The van der Waals surface area contributed by atoms with E-state index < -0.39 is 5.97 Å². The van der Waals surface area contributed by atoms with Crippen LogP contribution in [0, 0.1) is 6.92 Å². The molecule has 0 saturated carbocycles. The Balaban J connectivity index is 2.21. The van der Waals surface area contributed by atoms with Crippen LogP contribution in [0.2, 0.25) is 0 Å². The minimum absolute atomic E-state index is 0.160. The molecule has 0 spiro atoms. The topological polar surface area (TPSA) is 76.5 Å². The molecule has 19 heavy (non-hydrogen) atoms. The Bertz CT molecular complexity index is 752. The first-order chi connectivity index (χ1) is 9.08.